The second kappa shape index (κ2) is 7.15. The lowest BCUT2D eigenvalue weighted by molar-refractivity contribution is 0.215. The number of hydrogen-bond acceptors (Lipinski definition) is 5. The Kier molecular flexibility index (Phi) is 5.12. The quantitative estimate of drug-likeness (QED) is 0.790. The van der Waals surface area contributed by atoms with Gasteiger partial charge in [-0.05, 0) is 24.6 Å². The third-order valence-corrected chi connectivity index (χ3v) is 6.05. The SMILES string of the molecule is COc1ccc(F)cc1S(=O)(=O)N1CC[C@@H](Oc2ccncc2Cl)C1. The molecule has 0 radical (unpaired) electrons. The number of benzene rings is 1. The first-order chi connectivity index (χ1) is 11.9. The molecule has 134 valence electrons. The van der Waals surface area contributed by atoms with Crippen LogP contribution in [0.1, 0.15) is 6.42 Å². The predicted octanol–water partition coefficient (Wildman–Crippen LogP) is 2.72. The molecule has 1 atom stereocenters. The van der Waals surface area contributed by atoms with Crippen LogP contribution in [0.25, 0.3) is 0 Å². The van der Waals surface area contributed by atoms with Crippen molar-refractivity contribution in [2.75, 3.05) is 20.2 Å². The number of pyridine rings is 1. The van der Waals surface area contributed by atoms with Crippen molar-refractivity contribution in [1.82, 2.24) is 9.29 Å². The van der Waals surface area contributed by atoms with Gasteiger partial charge in [-0.25, -0.2) is 12.8 Å². The number of nitrogens with zero attached hydrogens (tertiary/aromatic N) is 2. The first-order valence-corrected chi connectivity index (χ1v) is 9.33. The molecule has 1 saturated heterocycles. The van der Waals surface area contributed by atoms with Gasteiger partial charge in [0.15, 0.2) is 0 Å². The Bertz CT molecular complexity index is 878. The van der Waals surface area contributed by atoms with E-state index in [2.05, 4.69) is 4.98 Å². The Balaban J connectivity index is 1.79. The van der Waals surface area contributed by atoms with Crippen LogP contribution >= 0.6 is 11.6 Å². The summed E-state index contributed by atoms with van der Waals surface area (Å²) in [7, 11) is -2.56. The van der Waals surface area contributed by atoms with Crippen LogP contribution < -0.4 is 9.47 Å². The number of sulfonamides is 1. The smallest absolute Gasteiger partial charge is 0.246 e. The largest absolute Gasteiger partial charge is 0.495 e. The van der Waals surface area contributed by atoms with Crippen molar-refractivity contribution in [2.45, 2.75) is 17.4 Å². The van der Waals surface area contributed by atoms with Gasteiger partial charge in [0.1, 0.15) is 33.3 Å². The lowest BCUT2D eigenvalue weighted by Crippen LogP contribution is -2.31. The number of hydrogen-bond donors (Lipinski definition) is 0. The van der Waals surface area contributed by atoms with Gasteiger partial charge in [-0.3, -0.25) is 4.98 Å². The number of halogens is 2. The van der Waals surface area contributed by atoms with Crippen LogP contribution in [0.5, 0.6) is 11.5 Å². The lowest BCUT2D eigenvalue weighted by atomic mass is 10.3. The van der Waals surface area contributed by atoms with E-state index in [4.69, 9.17) is 21.1 Å². The summed E-state index contributed by atoms with van der Waals surface area (Å²) in [6.45, 7) is 0.399. The maximum atomic E-state index is 13.5. The Hall–Kier alpha value is -1.90. The van der Waals surface area contributed by atoms with E-state index in [1.54, 1.807) is 12.3 Å². The van der Waals surface area contributed by atoms with E-state index in [1.165, 1.54) is 23.7 Å². The first kappa shape index (κ1) is 17.9. The minimum absolute atomic E-state index is 0.1000. The molecule has 2 heterocycles. The Labute approximate surface area is 150 Å². The first-order valence-electron chi connectivity index (χ1n) is 7.51. The molecule has 25 heavy (non-hydrogen) atoms. The molecule has 0 unspecified atom stereocenters. The van der Waals surface area contributed by atoms with Crippen LogP contribution in [0.3, 0.4) is 0 Å². The van der Waals surface area contributed by atoms with Gasteiger partial charge < -0.3 is 9.47 Å². The molecule has 1 aliphatic heterocycles. The van der Waals surface area contributed by atoms with E-state index in [1.807, 2.05) is 0 Å². The Morgan fingerprint density at radius 1 is 1.32 bits per heavy atom. The minimum atomic E-state index is -3.90. The minimum Gasteiger partial charge on any atom is -0.495 e. The normalized spacial score (nSPS) is 18.3. The standard InChI is InChI=1S/C16H16ClFN2O4S/c1-23-15-3-2-11(18)8-16(15)25(21,22)20-7-5-12(10-20)24-14-4-6-19-9-13(14)17/h2-4,6,8-9,12H,5,7,10H2,1H3/t12-/m1/s1. The molecular formula is C16H16ClFN2O4S. The van der Waals surface area contributed by atoms with E-state index in [9.17, 15) is 12.8 Å². The fraction of sp³-hybridized carbons (Fsp3) is 0.312. The zero-order valence-electron chi connectivity index (χ0n) is 13.4. The molecule has 9 heteroatoms. The van der Waals surface area contributed by atoms with Crippen LogP contribution in [0, 0.1) is 5.82 Å². The molecule has 1 aromatic heterocycles. The van der Waals surface area contributed by atoms with Gasteiger partial charge in [0.25, 0.3) is 0 Å². The number of rotatable bonds is 5. The van der Waals surface area contributed by atoms with E-state index in [0.717, 1.165) is 12.1 Å². The summed E-state index contributed by atoms with van der Waals surface area (Å²) in [6, 6.07) is 5.03. The molecule has 0 aliphatic carbocycles. The summed E-state index contributed by atoms with van der Waals surface area (Å²) in [5.41, 5.74) is 0. The second-order valence-electron chi connectivity index (χ2n) is 5.49. The highest BCUT2D eigenvalue weighted by atomic mass is 35.5. The Morgan fingerprint density at radius 2 is 2.12 bits per heavy atom. The van der Waals surface area contributed by atoms with Crippen LogP contribution in [0.2, 0.25) is 5.02 Å². The third kappa shape index (κ3) is 3.70. The van der Waals surface area contributed by atoms with Gasteiger partial charge in [0.05, 0.1) is 13.7 Å². The van der Waals surface area contributed by atoms with E-state index in [0.29, 0.717) is 17.2 Å². The molecule has 0 amide bonds. The summed E-state index contributed by atoms with van der Waals surface area (Å²) in [5.74, 6) is -0.0952. The molecule has 0 N–H and O–H groups in total. The molecule has 0 bridgehead atoms. The monoisotopic (exact) mass is 386 g/mol. The maximum absolute atomic E-state index is 13.5. The van der Waals surface area contributed by atoms with Crippen molar-refractivity contribution in [2.24, 2.45) is 0 Å². The summed E-state index contributed by atoms with van der Waals surface area (Å²) in [6.07, 6.45) is 3.14. The molecule has 1 aliphatic rings. The van der Waals surface area contributed by atoms with Crippen LogP contribution in [-0.2, 0) is 10.0 Å². The molecule has 1 aromatic carbocycles. The topological polar surface area (TPSA) is 68.7 Å². The molecular weight excluding hydrogens is 371 g/mol. The highest BCUT2D eigenvalue weighted by Gasteiger charge is 2.35. The van der Waals surface area contributed by atoms with E-state index >= 15 is 0 Å². The Morgan fingerprint density at radius 3 is 2.84 bits per heavy atom. The van der Waals surface area contributed by atoms with Gasteiger partial charge in [0, 0.05) is 25.0 Å². The van der Waals surface area contributed by atoms with Crippen LogP contribution in [0.4, 0.5) is 4.39 Å². The number of ether oxygens (including phenoxy) is 2. The molecule has 6 nitrogen and oxygen atoms in total. The fourth-order valence-corrected chi connectivity index (χ4v) is 4.46. The molecule has 0 saturated carbocycles. The van der Waals surface area contributed by atoms with Crippen LogP contribution in [-0.4, -0.2) is 44.0 Å². The van der Waals surface area contributed by atoms with Gasteiger partial charge in [-0.2, -0.15) is 4.31 Å². The summed E-state index contributed by atoms with van der Waals surface area (Å²) >= 11 is 6.00. The maximum Gasteiger partial charge on any atom is 0.246 e. The summed E-state index contributed by atoms with van der Waals surface area (Å²) in [5, 5.41) is 0.357. The van der Waals surface area contributed by atoms with E-state index in [-0.39, 0.29) is 29.8 Å². The molecule has 3 rings (SSSR count). The van der Waals surface area contributed by atoms with Crippen molar-refractivity contribution in [3.63, 3.8) is 0 Å². The highest BCUT2D eigenvalue weighted by molar-refractivity contribution is 7.89. The second-order valence-corrected chi connectivity index (χ2v) is 7.81. The fourth-order valence-electron chi connectivity index (χ4n) is 2.64. The van der Waals surface area contributed by atoms with Gasteiger partial charge in [0.2, 0.25) is 10.0 Å². The average Bonchev–Trinajstić information content (AvgIpc) is 3.06. The van der Waals surface area contributed by atoms with Gasteiger partial charge in [-0.15, -0.1) is 0 Å². The van der Waals surface area contributed by atoms with Crippen LogP contribution in [0.15, 0.2) is 41.6 Å². The lowest BCUT2D eigenvalue weighted by Gasteiger charge is -2.19. The van der Waals surface area contributed by atoms with E-state index < -0.39 is 15.8 Å². The number of aromatic nitrogens is 1. The average molecular weight is 387 g/mol. The van der Waals surface area contributed by atoms with Crippen molar-refractivity contribution >= 4 is 21.6 Å². The van der Waals surface area contributed by atoms with Crippen molar-refractivity contribution in [3.05, 3.63) is 47.5 Å². The van der Waals surface area contributed by atoms with Crippen molar-refractivity contribution < 1.29 is 22.3 Å². The molecule has 1 fully saturated rings. The number of methoxy groups -OCH3 is 1. The summed E-state index contributed by atoms with van der Waals surface area (Å²) < 4.78 is 51.2. The van der Waals surface area contributed by atoms with Crippen molar-refractivity contribution in [3.8, 4) is 11.5 Å². The van der Waals surface area contributed by atoms with Gasteiger partial charge >= 0.3 is 0 Å². The van der Waals surface area contributed by atoms with Gasteiger partial charge in [-0.1, -0.05) is 11.6 Å². The third-order valence-electron chi connectivity index (χ3n) is 3.88. The molecule has 2 aromatic rings. The predicted molar refractivity (Wildman–Crippen MR) is 90.0 cm³/mol. The molecule has 0 spiro atoms. The highest BCUT2D eigenvalue weighted by Crippen LogP contribution is 2.31. The van der Waals surface area contributed by atoms with Crippen molar-refractivity contribution in [1.29, 1.82) is 0 Å². The zero-order chi connectivity index (χ0) is 18.0. The summed E-state index contributed by atoms with van der Waals surface area (Å²) in [4.78, 5) is 3.68. The zero-order valence-corrected chi connectivity index (χ0v) is 14.9.